The maximum absolute atomic E-state index is 13.6. The highest BCUT2D eigenvalue weighted by molar-refractivity contribution is 5.97. The van der Waals surface area contributed by atoms with Crippen molar-refractivity contribution < 1.29 is 18.7 Å². The van der Waals surface area contributed by atoms with Crippen molar-refractivity contribution in [2.24, 2.45) is 0 Å². The molecule has 1 aliphatic rings. The normalized spacial score (nSPS) is 17.2. The lowest BCUT2D eigenvalue weighted by atomic mass is 10.1. The van der Waals surface area contributed by atoms with Crippen molar-refractivity contribution in [3.63, 3.8) is 0 Å². The molecule has 0 radical (unpaired) electrons. The van der Waals surface area contributed by atoms with E-state index < -0.39 is 11.8 Å². The number of benzene rings is 1. The Kier molecular flexibility index (Phi) is 5.91. The summed E-state index contributed by atoms with van der Waals surface area (Å²) in [6, 6.07) is 3.41. The maximum atomic E-state index is 13.6. The third-order valence-electron chi connectivity index (χ3n) is 3.02. The Morgan fingerprint density at radius 1 is 1.45 bits per heavy atom. The summed E-state index contributed by atoms with van der Waals surface area (Å²) < 4.78 is 18.1. The predicted octanol–water partition coefficient (Wildman–Crippen LogP) is 1.72. The lowest BCUT2D eigenvalue weighted by Gasteiger charge is -2.12. The molecule has 7 heteroatoms. The third-order valence-corrected chi connectivity index (χ3v) is 3.02. The van der Waals surface area contributed by atoms with Gasteiger partial charge in [0.25, 0.3) is 0 Å². The second-order valence-electron chi connectivity index (χ2n) is 4.32. The van der Waals surface area contributed by atoms with Crippen LogP contribution in [-0.2, 0) is 9.53 Å². The van der Waals surface area contributed by atoms with Crippen molar-refractivity contribution in [3.05, 3.63) is 29.6 Å². The molecule has 1 heterocycles. The summed E-state index contributed by atoms with van der Waals surface area (Å²) in [5.41, 5.74) is 0.181. The summed E-state index contributed by atoms with van der Waals surface area (Å²) in [5.74, 6) is -1.45. The molecule has 0 spiro atoms. The summed E-state index contributed by atoms with van der Waals surface area (Å²) in [6.45, 7) is 0.781. The number of carbonyl (C=O) groups is 2. The number of amides is 1. The van der Waals surface area contributed by atoms with Crippen LogP contribution in [0.5, 0.6) is 0 Å². The van der Waals surface area contributed by atoms with Gasteiger partial charge in [-0.2, -0.15) is 0 Å². The zero-order valence-corrected chi connectivity index (χ0v) is 11.8. The fourth-order valence-electron chi connectivity index (χ4n) is 1.99. The van der Waals surface area contributed by atoms with E-state index in [0.717, 1.165) is 25.5 Å². The molecule has 0 bridgehead atoms. The zero-order valence-electron chi connectivity index (χ0n) is 10.9. The second kappa shape index (κ2) is 7.21. The van der Waals surface area contributed by atoms with Crippen LogP contribution in [0.2, 0.25) is 0 Å². The van der Waals surface area contributed by atoms with Crippen molar-refractivity contribution in [2.75, 3.05) is 19.0 Å². The number of hydrogen-bond donors (Lipinski definition) is 2. The van der Waals surface area contributed by atoms with Gasteiger partial charge in [-0.15, -0.1) is 12.4 Å². The lowest BCUT2D eigenvalue weighted by Crippen LogP contribution is -2.35. The number of anilines is 1. The third kappa shape index (κ3) is 3.68. The van der Waals surface area contributed by atoms with Gasteiger partial charge in [0.2, 0.25) is 5.91 Å². The molecule has 1 aliphatic heterocycles. The standard InChI is InChI=1S/C13H15FN2O3.ClH/c1-19-13(18)8-4-5-9(14)11(7-8)16-12(17)10-3-2-6-15-10;/h4-5,7,10,15H,2-3,6H2,1H3,(H,16,17);1H/t10-;/m0./s1. The highest BCUT2D eigenvalue weighted by Gasteiger charge is 2.23. The molecule has 1 saturated heterocycles. The Morgan fingerprint density at radius 2 is 2.20 bits per heavy atom. The number of ether oxygens (including phenoxy) is 1. The first-order valence-electron chi connectivity index (χ1n) is 6.04. The maximum Gasteiger partial charge on any atom is 0.337 e. The summed E-state index contributed by atoms with van der Waals surface area (Å²) in [4.78, 5) is 23.2. The van der Waals surface area contributed by atoms with Crippen molar-refractivity contribution in [1.82, 2.24) is 5.32 Å². The molecule has 110 valence electrons. The van der Waals surface area contributed by atoms with E-state index in [1.54, 1.807) is 0 Å². The van der Waals surface area contributed by atoms with E-state index in [1.807, 2.05) is 0 Å². The number of rotatable bonds is 3. The minimum Gasteiger partial charge on any atom is -0.465 e. The number of esters is 1. The Bertz CT molecular complexity index is 504. The van der Waals surface area contributed by atoms with E-state index in [4.69, 9.17) is 0 Å². The number of halogens is 2. The average molecular weight is 303 g/mol. The van der Waals surface area contributed by atoms with Crippen LogP contribution < -0.4 is 10.6 Å². The first-order chi connectivity index (χ1) is 9.11. The van der Waals surface area contributed by atoms with E-state index in [2.05, 4.69) is 15.4 Å². The van der Waals surface area contributed by atoms with E-state index in [1.165, 1.54) is 19.2 Å². The second-order valence-corrected chi connectivity index (χ2v) is 4.32. The summed E-state index contributed by atoms with van der Waals surface area (Å²) in [5, 5.41) is 5.51. The highest BCUT2D eigenvalue weighted by atomic mass is 35.5. The van der Waals surface area contributed by atoms with Gasteiger partial charge in [0, 0.05) is 0 Å². The molecule has 1 aromatic rings. The molecule has 0 unspecified atom stereocenters. The molecule has 0 aliphatic carbocycles. The van der Waals surface area contributed by atoms with Crippen molar-refractivity contribution >= 4 is 30.0 Å². The minimum absolute atomic E-state index is 0. The highest BCUT2D eigenvalue weighted by Crippen LogP contribution is 2.18. The van der Waals surface area contributed by atoms with Crippen LogP contribution in [0.4, 0.5) is 10.1 Å². The Hall–Kier alpha value is -1.66. The van der Waals surface area contributed by atoms with E-state index in [9.17, 15) is 14.0 Å². The number of hydrogen-bond acceptors (Lipinski definition) is 4. The molecule has 0 aromatic heterocycles. The van der Waals surface area contributed by atoms with Crippen molar-refractivity contribution in [3.8, 4) is 0 Å². The van der Waals surface area contributed by atoms with Gasteiger partial charge >= 0.3 is 5.97 Å². The van der Waals surface area contributed by atoms with Crippen LogP contribution in [0, 0.1) is 5.82 Å². The molecule has 2 rings (SSSR count). The predicted molar refractivity (Wildman–Crippen MR) is 74.6 cm³/mol. The molecule has 1 amide bonds. The molecule has 0 saturated carbocycles. The van der Waals surface area contributed by atoms with Gasteiger partial charge in [-0.25, -0.2) is 9.18 Å². The summed E-state index contributed by atoms with van der Waals surface area (Å²) >= 11 is 0. The number of carbonyl (C=O) groups excluding carboxylic acids is 2. The summed E-state index contributed by atoms with van der Waals surface area (Å²) in [6.07, 6.45) is 1.65. The molecule has 1 fully saturated rings. The summed E-state index contributed by atoms with van der Waals surface area (Å²) in [7, 11) is 1.24. The van der Waals surface area contributed by atoms with Crippen molar-refractivity contribution in [1.29, 1.82) is 0 Å². The first-order valence-corrected chi connectivity index (χ1v) is 6.04. The van der Waals surface area contributed by atoms with Gasteiger partial charge in [-0.1, -0.05) is 0 Å². The largest absolute Gasteiger partial charge is 0.465 e. The van der Waals surface area contributed by atoms with Crippen molar-refractivity contribution in [2.45, 2.75) is 18.9 Å². The zero-order chi connectivity index (χ0) is 13.8. The van der Waals surface area contributed by atoms with Crippen LogP contribution in [0.3, 0.4) is 0 Å². The van der Waals surface area contributed by atoms with E-state index in [-0.39, 0.29) is 35.6 Å². The SMILES string of the molecule is COC(=O)c1ccc(F)c(NC(=O)[C@@H]2CCCN2)c1.Cl. The molecule has 2 N–H and O–H groups in total. The van der Waals surface area contributed by atoms with Gasteiger partial charge < -0.3 is 15.4 Å². The molecule has 1 atom stereocenters. The number of methoxy groups -OCH3 is 1. The number of nitrogens with one attached hydrogen (secondary N) is 2. The Balaban J connectivity index is 0.00000200. The minimum atomic E-state index is -0.584. The quantitative estimate of drug-likeness (QED) is 0.834. The van der Waals surface area contributed by atoms with Crippen LogP contribution >= 0.6 is 12.4 Å². The lowest BCUT2D eigenvalue weighted by molar-refractivity contribution is -0.117. The first kappa shape index (κ1) is 16.4. The van der Waals surface area contributed by atoms with Crippen LogP contribution in [0.25, 0.3) is 0 Å². The fraction of sp³-hybridized carbons (Fsp3) is 0.385. The molecule has 20 heavy (non-hydrogen) atoms. The van der Waals surface area contributed by atoms with Gasteiger partial charge in [-0.3, -0.25) is 4.79 Å². The van der Waals surface area contributed by atoms with Gasteiger partial charge in [-0.05, 0) is 37.6 Å². The topological polar surface area (TPSA) is 67.4 Å². The van der Waals surface area contributed by atoms with Gasteiger partial charge in [0.1, 0.15) is 5.82 Å². The van der Waals surface area contributed by atoms with Gasteiger partial charge in [0.15, 0.2) is 0 Å². The Morgan fingerprint density at radius 3 is 2.80 bits per heavy atom. The van der Waals surface area contributed by atoms with Gasteiger partial charge in [0.05, 0.1) is 24.4 Å². The average Bonchev–Trinajstić information content (AvgIpc) is 2.94. The smallest absolute Gasteiger partial charge is 0.337 e. The Labute approximate surface area is 122 Å². The fourth-order valence-corrected chi connectivity index (χ4v) is 1.99. The van der Waals surface area contributed by atoms with E-state index in [0.29, 0.717) is 0 Å². The molecule has 5 nitrogen and oxygen atoms in total. The van der Waals surface area contributed by atoms with E-state index >= 15 is 0 Å². The monoisotopic (exact) mass is 302 g/mol. The van der Waals surface area contributed by atoms with Crippen LogP contribution in [-0.4, -0.2) is 31.6 Å². The molecular weight excluding hydrogens is 287 g/mol. The molecule has 1 aromatic carbocycles. The molecular formula is C13H16ClFN2O3. The van der Waals surface area contributed by atoms with Crippen LogP contribution in [0.15, 0.2) is 18.2 Å². The van der Waals surface area contributed by atoms with Crippen LogP contribution in [0.1, 0.15) is 23.2 Å².